The third-order valence-electron chi connectivity index (χ3n) is 6.04. The summed E-state index contributed by atoms with van der Waals surface area (Å²) in [6.45, 7) is 2.04. The van der Waals surface area contributed by atoms with Gasteiger partial charge in [0.05, 0.1) is 11.3 Å². The molecule has 2 saturated heterocycles. The molecule has 0 bridgehead atoms. The average molecular weight is 471 g/mol. The van der Waals surface area contributed by atoms with E-state index in [0.29, 0.717) is 37.0 Å². The van der Waals surface area contributed by atoms with E-state index in [9.17, 15) is 13.2 Å². The molecule has 1 aromatic carbocycles. The number of rotatable bonds is 4. The lowest BCUT2D eigenvalue weighted by molar-refractivity contribution is -0.138. The Bertz CT molecular complexity index is 997. The Kier molecular flexibility index (Phi) is 6.39. The number of sulfonamides is 1. The number of amides is 1. The maximum absolute atomic E-state index is 13.0. The molecule has 0 N–H and O–H groups in total. The molecule has 162 valence electrons. The quantitative estimate of drug-likeness (QED) is 0.685. The number of halogens is 2. The van der Waals surface area contributed by atoms with Crippen LogP contribution in [0, 0.1) is 5.92 Å². The van der Waals surface area contributed by atoms with E-state index in [4.69, 9.17) is 23.2 Å². The maximum Gasteiger partial charge on any atom is 0.244 e. The minimum Gasteiger partial charge on any atom is -0.342 e. The highest BCUT2D eigenvalue weighted by Gasteiger charge is 2.35. The van der Waals surface area contributed by atoms with Gasteiger partial charge in [0, 0.05) is 55.6 Å². The molecular weight excluding hydrogens is 447 g/mol. The van der Waals surface area contributed by atoms with Crippen LogP contribution in [0.15, 0.2) is 41.8 Å². The van der Waals surface area contributed by atoms with Gasteiger partial charge in [0.25, 0.3) is 0 Å². The Morgan fingerprint density at radius 1 is 1.03 bits per heavy atom. The molecule has 0 radical (unpaired) electrons. The summed E-state index contributed by atoms with van der Waals surface area (Å²) in [5.41, 5.74) is 0. The molecule has 10 heteroatoms. The normalized spacial score (nSPS) is 19.9. The summed E-state index contributed by atoms with van der Waals surface area (Å²) in [5.74, 6) is -0.00649. The lowest BCUT2D eigenvalue weighted by Crippen LogP contribution is -2.46. The molecule has 0 unspecified atom stereocenters. The van der Waals surface area contributed by atoms with Gasteiger partial charge < -0.3 is 9.47 Å². The number of carbonyl (C=O) groups excluding carboxylic acids is 1. The summed E-state index contributed by atoms with van der Waals surface area (Å²) in [6, 6.07) is 4.80. The lowest BCUT2D eigenvalue weighted by Gasteiger charge is -2.37. The molecule has 0 saturated carbocycles. The van der Waals surface area contributed by atoms with Gasteiger partial charge in [-0.15, -0.1) is 0 Å². The minimum atomic E-state index is -3.74. The van der Waals surface area contributed by atoms with Crippen LogP contribution in [0.3, 0.4) is 0 Å². The molecule has 0 spiro atoms. The van der Waals surface area contributed by atoms with Crippen molar-refractivity contribution in [2.24, 2.45) is 5.92 Å². The highest BCUT2D eigenvalue weighted by atomic mass is 35.5. The molecule has 2 aromatic rings. The third-order valence-corrected chi connectivity index (χ3v) is 8.65. The van der Waals surface area contributed by atoms with Gasteiger partial charge >= 0.3 is 0 Å². The van der Waals surface area contributed by atoms with E-state index in [1.165, 1.54) is 16.4 Å². The molecule has 2 fully saturated rings. The van der Waals surface area contributed by atoms with Gasteiger partial charge in [0.2, 0.25) is 15.9 Å². The predicted octanol–water partition coefficient (Wildman–Crippen LogP) is 3.45. The fourth-order valence-corrected chi connectivity index (χ4v) is 6.49. The van der Waals surface area contributed by atoms with Crippen LogP contribution in [0.1, 0.15) is 31.7 Å². The summed E-state index contributed by atoms with van der Waals surface area (Å²) < 4.78 is 29.4. The molecule has 30 heavy (non-hydrogen) atoms. The summed E-state index contributed by atoms with van der Waals surface area (Å²) in [4.78, 5) is 19.0. The van der Waals surface area contributed by atoms with Crippen molar-refractivity contribution < 1.29 is 13.2 Å². The first kappa shape index (κ1) is 21.6. The van der Waals surface area contributed by atoms with Crippen LogP contribution in [-0.2, 0) is 14.8 Å². The van der Waals surface area contributed by atoms with Gasteiger partial charge in [-0.2, -0.15) is 4.31 Å². The van der Waals surface area contributed by atoms with Crippen molar-refractivity contribution in [3.05, 3.63) is 47.0 Å². The van der Waals surface area contributed by atoms with Gasteiger partial charge in [-0.3, -0.25) is 4.79 Å². The number of carbonyl (C=O) groups is 1. The van der Waals surface area contributed by atoms with Crippen molar-refractivity contribution in [2.75, 3.05) is 26.2 Å². The standard InChI is InChI=1S/C20H24Cl2N4O3S/c21-16-1-2-18(22)19(13-16)30(28,29)26-10-3-15(4-11-26)20(27)24-8-5-17(6-9-24)25-12-7-23-14-25/h1-2,7,12-15,17H,3-6,8-11H2. The van der Waals surface area contributed by atoms with E-state index >= 15 is 0 Å². The van der Waals surface area contributed by atoms with Crippen LogP contribution in [-0.4, -0.2) is 59.3 Å². The molecule has 1 aromatic heterocycles. The number of hydrogen-bond donors (Lipinski definition) is 0. The molecule has 3 heterocycles. The number of piperidine rings is 2. The zero-order valence-electron chi connectivity index (χ0n) is 16.5. The first-order valence-electron chi connectivity index (χ1n) is 10.1. The molecular formula is C20H24Cl2N4O3S. The van der Waals surface area contributed by atoms with Gasteiger partial charge in [0.1, 0.15) is 4.90 Å². The maximum atomic E-state index is 13.0. The van der Waals surface area contributed by atoms with Crippen LogP contribution in [0.4, 0.5) is 0 Å². The van der Waals surface area contributed by atoms with Gasteiger partial charge in [-0.25, -0.2) is 13.4 Å². The number of aromatic nitrogens is 2. The Balaban J connectivity index is 1.34. The molecule has 0 atom stereocenters. The lowest BCUT2D eigenvalue weighted by atomic mass is 9.95. The number of hydrogen-bond acceptors (Lipinski definition) is 4. The summed E-state index contributed by atoms with van der Waals surface area (Å²) in [5, 5.41) is 0.473. The topological polar surface area (TPSA) is 75.5 Å². The smallest absolute Gasteiger partial charge is 0.244 e. The Morgan fingerprint density at radius 3 is 2.37 bits per heavy atom. The fourth-order valence-electron chi connectivity index (χ4n) is 4.29. The Labute approximate surface area is 186 Å². The van der Waals surface area contributed by atoms with Gasteiger partial charge in [-0.05, 0) is 43.9 Å². The van der Waals surface area contributed by atoms with E-state index in [-0.39, 0.29) is 21.7 Å². The number of nitrogens with zero attached hydrogens (tertiary/aromatic N) is 4. The van der Waals surface area contributed by atoms with E-state index in [0.717, 1.165) is 25.9 Å². The first-order valence-corrected chi connectivity index (χ1v) is 12.3. The zero-order valence-corrected chi connectivity index (χ0v) is 18.8. The second-order valence-corrected chi connectivity index (χ2v) is 10.6. The molecule has 2 aliphatic heterocycles. The SMILES string of the molecule is O=C(C1CCN(S(=O)(=O)c2cc(Cl)ccc2Cl)CC1)N1CCC(n2ccnc2)CC1. The third kappa shape index (κ3) is 4.37. The Morgan fingerprint density at radius 2 is 1.73 bits per heavy atom. The van der Waals surface area contributed by atoms with Crippen molar-refractivity contribution in [3.63, 3.8) is 0 Å². The van der Waals surface area contributed by atoms with Crippen molar-refractivity contribution in [1.82, 2.24) is 18.8 Å². The van der Waals surface area contributed by atoms with Crippen molar-refractivity contribution >= 4 is 39.1 Å². The van der Waals surface area contributed by atoms with Crippen molar-refractivity contribution in [2.45, 2.75) is 36.6 Å². The number of imidazole rings is 1. The van der Waals surface area contributed by atoms with E-state index in [1.807, 2.05) is 17.4 Å². The van der Waals surface area contributed by atoms with Crippen LogP contribution in [0.5, 0.6) is 0 Å². The van der Waals surface area contributed by atoms with Crippen LogP contribution < -0.4 is 0 Å². The second kappa shape index (κ2) is 8.86. The molecule has 2 aliphatic rings. The minimum absolute atomic E-state index is 0.0167. The highest BCUT2D eigenvalue weighted by Crippen LogP contribution is 2.31. The summed E-state index contributed by atoms with van der Waals surface area (Å²) >= 11 is 12.1. The van der Waals surface area contributed by atoms with E-state index in [2.05, 4.69) is 9.55 Å². The largest absolute Gasteiger partial charge is 0.342 e. The monoisotopic (exact) mass is 470 g/mol. The van der Waals surface area contributed by atoms with E-state index in [1.54, 1.807) is 12.3 Å². The average Bonchev–Trinajstić information content (AvgIpc) is 3.30. The van der Waals surface area contributed by atoms with Crippen molar-refractivity contribution in [3.8, 4) is 0 Å². The molecule has 4 rings (SSSR count). The van der Waals surface area contributed by atoms with E-state index < -0.39 is 10.0 Å². The number of benzene rings is 1. The van der Waals surface area contributed by atoms with Crippen LogP contribution in [0.25, 0.3) is 0 Å². The van der Waals surface area contributed by atoms with Crippen LogP contribution >= 0.6 is 23.2 Å². The molecule has 7 nitrogen and oxygen atoms in total. The first-order chi connectivity index (χ1) is 14.4. The molecule has 1 amide bonds. The van der Waals surface area contributed by atoms with Gasteiger partial charge in [0.15, 0.2) is 0 Å². The van der Waals surface area contributed by atoms with Crippen molar-refractivity contribution in [1.29, 1.82) is 0 Å². The summed E-state index contributed by atoms with van der Waals surface area (Å²) in [6.07, 6.45) is 8.39. The zero-order chi connectivity index (χ0) is 21.3. The Hall–Kier alpha value is -1.61. The summed E-state index contributed by atoms with van der Waals surface area (Å²) in [7, 11) is -3.74. The van der Waals surface area contributed by atoms with Gasteiger partial charge in [-0.1, -0.05) is 23.2 Å². The fraction of sp³-hybridized carbons (Fsp3) is 0.500. The predicted molar refractivity (Wildman–Crippen MR) is 115 cm³/mol. The van der Waals surface area contributed by atoms with Crippen LogP contribution in [0.2, 0.25) is 10.0 Å². The second-order valence-electron chi connectivity index (χ2n) is 7.82. The number of likely N-dealkylation sites (tertiary alicyclic amines) is 1. The molecule has 0 aliphatic carbocycles. The highest BCUT2D eigenvalue weighted by molar-refractivity contribution is 7.89.